The summed E-state index contributed by atoms with van der Waals surface area (Å²) in [5.41, 5.74) is 0.235. The Bertz CT molecular complexity index is 1410. The molecule has 5 rings (SSSR count). The van der Waals surface area contributed by atoms with Crippen LogP contribution in [-0.4, -0.2) is 82.1 Å². The number of piperazine rings is 1. The highest BCUT2D eigenvalue weighted by molar-refractivity contribution is 5.73. The van der Waals surface area contributed by atoms with Gasteiger partial charge < -0.3 is 29.5 Å². The summed E-state index contributed by atoms with van der Waals surface area (Å²) >= 11 is 0. The highest BCUT2D eigenvalue weighted by Crippen LogP contribution is 2.39. The fourth-order valence-corrected chi connectivity index (χ4v) is 4.72. The first-order chi connectivity index (χ1) is 19.5. The Kier molecular flexibility index (Phi) is 7.78. The van der Waals surface area contributed by atoms with Crippen LogP contribution in [0, 0.1) is 11.6 Å². The summed E-state index contributed by atoms with van der Waals surface area (Å²) in [4.78, 5) is 26.4. The molecular formula is C28H34F2N8O3. The SMILES string of the molecule is CC(C)N1CCOc2c(F)cc(-c3nc(Nc4ccc(N5CCN(C(=O)OC(C)(C)C)CC5)nn4)ncc3F)cc21. The highest BCUT2D eigenvalue weighted by Gasteiger charge is 2.27. The lowest BCUT2D eigenvalue weighted by Gasteiger charge is -2.35. The van der Waals surface area contributed by atoms with E-state index in [0.29, 0.717) is 56.7 Å². The van der Waals surface area contributed by atoms with E-state index in [1.165, 1.54) is 6.07 Å². The van der Waals surface area contributed by atoms with Crippen LogP contribution in [0.15, 0.2) is 30.5 Å². The van der Waals surface area contributed by atoms with E-state index in [1.807, 2.05) is 44.4 Å². The van der Waals surface area contributed by atoms with Gasteiger partial charge in [-0.2, -0.15) is 0 Å². The van der Waals surface area contributed by atoms with Crippen molar-refractivity contribution in [2.75, 3.05) is 54.4 Å². The lowest BCUT2D eigenvalue weighted by molar-refractivity contribution is 0.0240. The van der Waals surface area contributed by atoms with E-state index in [1.54, 1.807) is 23.1 Å². The molecule has 41 heavy (non-hydrogen) atoms. The second-order valence-electron chi connectivity index (χ2n) is 11.2. The largest absolute Gasteiger partial charge is 0.486 e. The number of rotatable bonds is 5. The van der Waals surface area contributed by atoms with Gasteiger partial charge in [0.2, 0.25) is 5.95 Å². The fourth-order valence-electron chi connectivity index (χ4n) is 4.72. The number of carbonyl (C=O) groups is 1. The summed E-state index contributed by atoms with van der Waals surface area (Å²) in [5.74, 6) is -0.0117. The zero-order chi connectivity index (χ0) is 29.3. The van der Waals surface area contributed by atoms with Gasteiger partial charge in [-0.1, -0.05) is 0 Å². The maximum Gasteiger partial charge on any atom is 0.410 e. The lowest BCUT2D eigenvalue weighted by Crippen LogP contribution is -2.50. The predicted octanol–water partition coefficient (Wildman–Crippen LogP) is 4.62. The van der Waals surface area contributed by atoms with Gasteiger partial charge in [-0.15, -0.1) is 10.2 Å². The molecule has 218 valence electrons. The van der Waals surface area contributed by atoms with Gasteiger partial charge in [-0.25, -0.2) is 23.5 Å². The van der Waals surface area contributed by atoms with Crippen molar-refractivity contribution >= 4 is 29.4 Å². The van der Waals surface area contributed by atoms with Crippen molar-refractivity contribution in [2.24, 2.45) is 0 Å². The van der Waals surface area contributed by atoms with E-state index >= 15 is 0 Å². The van der Waals surface area contributed by atoms with E-state index in [4.69, 9.17) is 9.47 Å². The van der Waals surface area contributed by atoms with E-state index in [2.05, 4.69) is 25.5 Å². The van der Waals surface area contributed by atoms with Crippen LogP contribution < -0.4 is 19.9 Å². The Morgan fingerprint density at radius 1 is 1.05 bits per heavy atom. The van der Waals surface area contributed by atoms with E-state index in [9.17, 15) is 13.6 Å². The Balaban J connectivity index is 1.28. The molecule has 0 spiro atoms. The number of nitrogens with one attached hydrogen (secondary N) is 1. The van der Waals surface area contributed by atoms with Crippen LogP contribution in [-0.2, 0) is 4.74 Å². The first-order valence-corrected chi connectivity index (χ1v) is 13.6. The quantitative estimate of drug-likeness (QED) is 0.468. The first-order valence-electron chi connectivity index (χ1n) is 13.6. The van der Waals surface area contributed by atoms with Gasteiger partial charge in [0.1, 0.15) is 17.9 Å². The number of halogens is 2. The average Bonchev–Trinajstić information content (AvgIpc) is 2.93. The summed E-state index contributed by atoms with van der Waals surface area (Å²) in [5, 5.41) is 11.4. The fraction of sp³-hybridized carbons (Fsp3) is 0.464. The number of anilines is 4. The van der Waals surface area contributed by atoms with E-state index < -0.39 is 17.2 Å². The topological polar surface area (TPSA) is 109 Å². The van der Waals surface area contributed by atoms with Gasteiger partial charge in [0.25, 0.3) is 0 Å². The molecule has 13 heteroatoms. The van der Waals surface area contributed by atoms with Crippen LogP contribution in [0.3, 0.4) is 0 Å². The van der Waals surface area contributed by atoms with Crippen molar-refractivity contribution in [1.29, 1.82) is 0 Å². The van der Waals surface area contributed by atoms with E-state index in [0.717, 1.165) is 6.20 Å². The molecule has 1 N–H and O–H groups in total. The molecule has 2 aliphatic rings. The number of aromatic nitrogens is 4. The van der Waals surface area contributed by atoms with Crippen molar-refractivity contribution in [3.05, 3.63) is 42.1 Å². The summed E-state index contributed by atoms with van der Waals surface area (Å²) in [7, 11) is 0. The minimum atomic E-state index is -0.685. The summed E-state index contributed by atoms with van der Waals surface area (Å²) in [6.07, 6.45) is 0.704. The molecule has 11 nitrogen and oxygen atoms in total. The molecule has 2 aromatic heterocycles. The predicted molar refractivity (Wildman–Crippen MR) is 151 cm³/mol. The smallest absolute Gasteiger partial charge is 0.410 e. The molecule has 0 atom stereocenters. The molecular weight excluding hydrogens is 534 g/mol. The van der Waals surface area contributed by atoms with Gasteiger partial charge >= 0.3 is 6.09 Å². The second-order valence-corrected chi connectivity index (χ2v) is 11.2. The van der Waals surface area contributed by atoms with Gasteiger partial charge in [0.05, 0.1) is 18.4 Å². The molecule has 0 aliphatic carbocycles. The number of benzene rings is 1. The molecule has 1 aromatic carbocycles. The standard InChI is InChI=1S/C28H34F2N8O3/c1-17(2)38-12-13-40-25-19(29)14-18(15-21(25)38)24-20(30)16-31-26(33-24)32-22-6-7-23(35-34-22)36-8-10-37(11-9-36)27(39)41-28(3,4)5/h6-7,14-17H,8-13H2,1-5H3,(H,31,32,33,34). The van der Waals surface area contributed by atoms with Crippen molar-refractivity contribution in [3.63, 3.8) is 0 Å². The van der Waals surface area contributed by atoms with Crippen LogP contribution in [0.4, 0.5) is 36.8 Å². The van der Waals surface area contributed by atoms with Crippen LogP contribution >= 0.6 is 0 Å². The number of nitrogens with zero attached hydrogens (tertiary/aromatic N) is 7. The van der Waals surface area contributed by atoms with Crippen LogP contribution in [0.2, 0.25) is 0 Å². The first kappa shape index (κ1) is 28.2. The molecule has 0 saturated carbocycles. The van der Waals surface area contributed by atoms with Crippen molar-refractivity contribution in [1.82, 2.24) is 25.1 Å². The zero-order valence-corrected chi connectivity index (χ0v) is 23.8. The number of fused-ring (bicyclic) bond motifs is 1. The number of carbonyl (C=O) groups excluding carboxylic acids is 1. The molecule has 1 fully saturated rings. The normalized spacial score (nSPS) is 15.5. The van der Waals surface area contributed by atoms with Crippen LogP contribution in [0.25, 0.3) is 11.3 Å². The third-order valence-corrected chi connectivity index (χ3v) is 6.70. The molecule has 0 radical (unpaired) electrons. The molecule has 3 aromatic rings. The minimum absolute atomic E-state index is 0.0501. The Labute approximate surface area is 237 Å². The lowest BCUT2D eigenvalue weighted by atomic mass is 10.1. The van der Waals surface area contributed by atoms with Gasteiger partial charge in [0, 0.05) is 37.8 Å². The summed E-state index contributed by atoms with van der Waals surface area (Å²) in [6, 6.07) is 6.52. The second kappa shape index (κ2) is 11.3. The third-order valence-electron chi connectivity index (χ3n) is 6.70. The molecule has 0 unspecified atom stereocenters. The Hall–Kier alpha value is -4.29. The van der Waals surface area contributed by atoms with Crippen molar-refractivity contribution in [3.8, 4) is 17.0 Å². The maximum atomic E-state index is 15.0. The number of hydrogen-bond acceptors (Lipinski definition) is 10. The Morgan fingerprint density at radius 3 is 2.46 bits per heavy atom. The number of ether oxygens (including phenoxy) is 2. The number of amides is 1. The van der Waals surface area contributed by atoms with Crippen LogP contribution in [0.5, 0.6) is 5.75 Å². The summed E-state index contributed by atoms with van der Waals surface area (Å²) in [6.45, 7) is 12.7. The van der Waals surface area contributed by atoms with Crippen molar-refractivity contribution in [2.45, 2.75) is 46.3 Å². The van der Waals surface area contributed by atoms with Gasteiger partial charge in [-0.05, 0) is 58.9 Å². The molecule has 4 heterocycles. The number of hydrogen-bond donors (Lipinski definition) is 1. The Morgan fingerprint density at radius 2 is 1.80 bits per heavy atom. The monoisotopic (exact) mass is 568 g/mol. The average molecular weight is 569 g/mol. The van der Waals surface area contributed by atoms with Gasteiger partial charge in [0.15, 0.2) is 29.0 Å². The zero-order valence-electron chi connectivity index (χ0n) is 23.8. The van der Waals surface area contributed by atoms with Crippen molar-refractivity contribution < 1.29 is 23.0 Å². The van der Waals surface area contributed by atoms with E-state index in [-0.39, 0.29) is 35.1 Å². The minimum Gasteiger partial charge on any atom is -0.486 e. The highest BCUT2D eigenvalue weighted by atomic mass is 19.1. The summed E-state index contributed by atoms with van der Waals surface area (Å²) < 4.78 is 40.8. The molecule has 1 saturated heterocycles. The third kappa shape index (κ3) is 6.39. The van der Waals surface area contributed by atoms with Gasteiger partial charge in [-0.3, -0.25) is 0 Å². The molecule has 0 bridgehead atoms. The molecule has 1 amide bonds. The van der Waals surface area contributed by atoms with Crippen LogP contribution in [0.1, 0.15) is 34.6 Å². The maximum absolute atomic E-state index is 15.0. The molecule has 2 aliphatic heterocycles.